The van der Waals surface area contributed by atoms with Gasteiger partial charge in [0.25, 0.3) is 15.9 Å². The van der Waals surface area contributed by atoms with Crippen LogP contribution in [0.3, 0.4) is 0 Å². The Morgan fingerprint density at radius 1 is 1.17 bits per heavy atom. The number of rotatable bonds is 3. The molecule has 1 amide bonds. The average Bonchev–Trinajstić information content (AvgIpc) is 2.69. The van der Waals surface area contributed by atoms with Gasteiger partial charge in [0.05, 0.1) is 17.1 Å². The molecule has 2 aliphatic heterocycles. The lowest BCUT2D eigenvalue weighted by Crippen LogP contribution is -2.45. The molecular formula is C21H23ClN2O4S. The summed E-state index contributed by atoms with van der Waals surface area (Å²) >= 11 is 6.08. The minimum atomic E-state index is -3.85. The molecular weight excluding hydrogens is 412 g/mol. The second-order valence-corrected chi connectivity index (χ2v) is 9.52. The first kappa shape index (κ1) is 20.0. The van der Waals surface area contributed by atoms with Gasteiger partial charge in [0.15, 0.2) is 0 Å². The lowest BCUT2D eigenvalue weighted by Gasteiger charge is -2.37. The molecule has 1 fully saturated rings. The minimum Gasteiger partial charge on any atom is -0.493 e. The normalized spacial score (nSPS) is 19.4. The summed E-state index contributed by atoms with van der Waals surface area (Å²) in [6.45, 7) is 2.92. The predicted octanol–water partition coefficient (Wildman–Crippen LogP) is 4.23. The predicted molar refractivity (Wildman–Crippen MR) is 112 cm³/mol. The van der Waals surface area contributed by atoms with E-state index in [1.165, 1.54) is 6.07 Å². The van der Waals surface area contributed by atoms with Crippen molar-refractivity contribution in [2.24, 2.45) is 0 Å². The third kappa shape index (κ3) is 3.94. The maximum Gasteiger partial charge on any atom is 0.262 e. The molecule has 1 unspecified atom stereocenters. The third-order valence-corrected chi connectivity index (χ3v) is 7.50. The Labute approximate surface area is 175 Å². The molecule has 1 N–H and O–H groups in total. The molecule has 2 aromatic carbocycles. The molecule has 2 heterocycles. The molecule has 0 bridgehead atoms. The molecule has 29 heavy (non-hydrogen) atoms. The number of hydrogen-bond acceptors (Lipinski definition) is 4. The molecule has 0 aromatic heterocycles. The second-order valence-electron chi connectivity index (χ2n) is 7.46. The molecule has 0 saturated carbocycles. The fourth-order valence-corrected chi connectivity index (χ4v) is 5.55. The van der Waals surface area contributed by atoms with E-state index >= 15 is 0 Å². The Morgan fingerprint density at radius 3 is 2.83 bits per heavy atom. The van der Waals surface area contributed by atoms with Gasteiger partial charge in [-0.3, -0.25) is 9.52 Å². The molecule has 4 rings (SSSR count). The van der Waals surface area contributed by atoms with Crippen LogP contribution in [0.4, 0.5) is 5.69 Å². The first-order chi connectivity index (χ1) is 13.9. The third-order valence-electron chi connectivity index (χ3n) is 5.57. The van der Waals surface area contributed by atoms with Crippen LogP contribution in [-0.4, -0.2) is 38.4 Å². The first-order valence-corrected chi connectivity index (χ1v) is 11.6. The van der Waals surface area contributed by atoms with E-state index in [0.717, 1.165) is 32.2 Å². The highest BCUT2D eigenvalue weighted by Crippen LogP contribution is 2.32. The van der Waals surface area contributed by atoms with Gasteiger partial charge in [-0.25, -0.2) is 8.42 Å². The largest absolute Gasteiger partial charge is 0.493 e. The summed E-state index contributed by atoms with van der Waals surface area (Å²) in [7, 11) is -3.85. The summed E-state index contributed by atoms with van der Waals surface area (Å²) in [5.41, 5.74) is 1.18. The molecule has 2 aliphatic rings. The molecule has 1 saturated heterocycles. The van der Waals surface area contributed by atoms with Crippen LogP contribution < -0.4 is 9.46 Å². The summed E-state index contributed by atoms with van der Waals surface area (Å²) in [5.74, 6) is 0.380. The molecule has 154 valence electrons. The number of carbonyl (C=O) groups excluding carboxylic acids is 1. The standard InChI is InChI=1S/C21H23ClN2O4S/c1-14-18(22)6-4-7-20(14)29(26,27)23-15-8-9-19-17(13-15)21(25)24-11-3-2-5-16(24)10-12-28-19/h4,6-9,13,16,23H,2-3,5,10-12H2,1H3. The van der Waals surface area contributed by atoms with Gasteiger partial charge in [-0.05, 0) is 62.1 Å². The SMILES string of the molecule is Cc1c(Cl)cccc1S(=O)(=O)Nc1ccc2c(c1)C(=O)N1CCCCC1CCO2. The number of nitrogens with zero attached hydrogens (tertiary/aromatic N) is 1. The quantitative estimate of drug-likeness (QED) is 0.784. The molecule has 8 heteroatoms. The van der Waals surface area contributed by atoms with Crippen molar-refractivity contribution in [2.45, 2.75) is 43.5 Å². The van der Waals surface area contributed by atoms with Gasteiger partial charge in [-0.1, -0.05) is 17.7 Å². The summed E-state index contributed by atoms with van der Waals surface area (Å²) < 4.78 is 34.1. The zero-order valence-corrected chi connectivity index (χ0v) is 17.7. The highest BCUT2D eigenvalue weighted by atomic mass is 35.5. The fourth-order valence-electron chi connectivity index (χ4n) is 4.00. The van der Waals surface area contributed by atoms with Gasteiger partial charge in [0.2, 0.25) is 0 Å². The molecule has 1 atom stereocenters. The molecule has 0 aliphatic carbocycles. The maximum atomic E-state index is 13.2. The van der Waals surface area contributed by atoms with E-state index in [0.29, 0.717) is 34.2 Å². The van der Waals surface area contributed by atoms with E-state index in [1.54, 1.807) is 37.3 Å². The van der Waals surface area contributed by atoms with Crippen molar-refractivity contribution in [3.63, 3.8) is 0 Å². The highest BCUT2D eigenvalue weighted by molar-refractivity contribution is 7.92. The average molecular weight is 435 g/mol. The number of nitrogens with one attached hydrogen (secondary N) is 1. The van der Waals surface area contributed by atoms with Crippen LogP contribution in [0.2, 0.25) is 5.02 Å². The molecule has 2 aromatic rings. The number of fused-ring (bicyclic) bond motifs is 2. The lowest BCUT2D eigenvalue weighted by atomic mass is 9.97. The summed E-state index contributed by atoms with van der Waals surface area (Å²) in [5, 5.41) is 0.380. The lowest BCUT2D eigenvalue weighted by molar-refractivity contribution is 0.0548. The van der Waals surface area contributed by atoms with Crippen LogP contribution in [0.5, 0.6) is 5.75 Å². The number of benzene rings is 2. The Hall–Kier alpha value is -2.25. The van der Waals surface area contributed by atoms with Crippen molar-refractivity contribution in [2.75, 3.05) is 17.9 Å². The van der Waals surface area contributed by atoms with E-state index in [1.807, 2.05) is 4.90 Å². The zero-order chi connectivity index (χ0) is 20.6. The van der Waals surface area contributed by atoms with Crippen molar-refractivity contribution in [3.8, 4) is 5.75 Å². The Morgan fingerprint density at radius 2 is 2.00 bits per heavy atom. The van der Waals surface area contributed by atoms with E-state index in [-0.39, 0.29) is 16.8 Å². The Bertz CT molecular complexity index is 1050. The van der Waals surface area contributed by atoms with Crippen molar-refractivity contribution in [1.29, 1.82) is 0 Å². The monoisotopic (exact) mass is 434 g/mol. The van der Waals surface area contributed by atoms with E-state index in [2.05, 4.69) is 4.72 Å². The van der Waals surface area contributed by atoms with Crippen molar-refractivity contribution in [3.05, 3.63) is 52.5 Å². The van der Waals surface area contributed by atoms with Crippen LogP contribution in [-0.2, 0) is 10.0 Å². The van der Waals surface area contributed by atoms with Crippen LogP contribution in [0.1, 0.15) is 41.6 Å². The van der Waals surface area contributed by atoms with Crippen LogP contribution in [0, 0.1) is 6.92 Å². The fraction of sp³-hybridized carbons (Fsp3) is 0.381. The van der Waals surface area contributed by atoms with Gasteiger partial charge < -0.3 is 9.64 Å². The van der Waals surface area contributed by atoms with Crippen molar-refractivity contribution in [1.82, 2.24) is 4.90 Å². The number of carbonyl (C=O) groups is 1. The number of anilines is 1. The van der Waals surface area contributed by atoms with Gasteiger partial charge in [0.1, 0.15) is 5.75 Å². The van der Waals surface area contributed by atoms with E-state index in [9.17, 15) is 13.2 Å². The van der Waals surface area contributed by atoms with Crippen LogP contribution in [0.15, 0.2) is 41.3 Å². The summed E-state index contributed by atoms with van der Waals surface area (Å²) in [4.78, 5) is 15.2. The van der Waals surface area contributed by atoms with Crippen LogP contribution >= 0.6 is 11.6 Å². The van der Waals surface area contributed by atoms with E-state index < -0.39 is 10.0 Å². The minimum absolute atomic E-state index is 0.107. The molecule has 0 spiro atoms. The molecule has 0 radical (unpaired) electrons. The molecule has 6 nitrogen and oxygen atoms in total. The first-order valence-electron chi connectivity index (χ1n) is 9.72. The van der Waals surface area contributed by atoms with Crippen molar-refractivity contribution < 1.29 is 17.9 Å². The number of ether oxygens (including phenoxy) is 1. The number of amides is 1. The maximum absolute atomic E-state index is 13.2. The number of halogens is 1. The second kappa shape index (κ2) is 7.88. The van der Waals surface area contributed by atoms with Gasteiger partial charge >= 0.3 is 0 Å². The number of sulfonamides is 1. The summed E-state index contributed by atoms with van der Waals surface area (Å²) in [6.07, 6.45) is 3.89. The topological polar surface area (TPSA) is 75.7 Å². The van der Waals surface area contributed by atoms with E-state index in [4.69, 9.17) is 16.3 Å². The number of piperidine rings is 1. The van der Waals surface area contributed by atoms with Crippen molar-refractivity contribution >= 4 is 33.2 Å². The van der Waals surface area contributed by atoms with Gasteiger partial charge in [-0.2, -0.15) is 0 Å². The zero-order valence-electron chi connectivity index (χ0n) is 16.2. The highest BCUT2D eigenvalue weighted by Gasteiger charge is 2.31. The van der Waals surface area contributed by atoms with Gasteiger partial charge in [-0.15, -0.1) is 0 Å². The van der Waals surface area contributed by atoms with Crippen LogP contribution in [0.25, 0.3) is 0 Å². The Kier molecular flexibility index (Phi) is 5.44. The smallest absolute Gasteiger partial charge is 0.262 e. The number of hydrogen-bond donors (Lipinski definition) is 1. The van der Waals surface area contributed by atoms with Gasteiger partial charge in [0, 0.05) is 29.7 Å². The summed E-state index contributed by atoms with van der Waals surface area (Å²) in [6, 6.07) is 9.75. The Balaban J connectivity index is 1.67.